The molecule has 1 atom stereocenters. The van der Waals surface area contributed by atoms with Crippen molar-refractivity contribution in [3.05, 3.63) is 144 Å². The maximum absolute atomic E-state index is 14.2. The molecule has 0 fully saturated rings. The molecule has 4 aromatic carbocycles. The molecule has 1 amide bonds. The Balaban J connectivity index is 1.21. The van der Waals surface area contributed by atoms with E-state index in [1.54, 1.807) is 11.2 Å². The molecule has 0 saturated heterocycles. The van der Waals surface area contributed by atoms with Crippen LogP contribution in [-0.2, 0) is 30.0 Å². The number of amides is 1. The molecule has 0 radical (unpaired) electrons. The molecule has 0 saturated carbocycles. The summed E-state index contributed by atoms with van der Waals surface area (Å²) in [6, 6.07) is 36.5. The number of carbonyl (C=O) groups is 1. The smallest absolute Gasteiger partial charge is 0.247 e. The fraction of sp³-hybridized carbons (Fsp3) is 0.229. The van der Waals surface area contributed by atoms with Crippen molar-refractivity contribution in [3.8, 4) is 5.75 Å². The van der Waals surface area contributed by atoms with Crippen LogP contribution in [0.3, 0.4) is 0 Å². The number of nitrogens with one attached hydrogen (secondary N) is 1. The van der Waals surface area contributed by atoms with Gasteiger partial charge in [-0.25, -0.2) is 9.67 Å². The summed E-state index contributed by atoms with van der Waals surface area (Å²) in [7, 11) is 1.84. The van der Waals surface area contributed by atoms with Crippen molar-refractivity contribution in [2.45, 2.75) is 31.2 Å². The van der Waals surface area contributed by atoms with Crippen LogP contribution in [0, 0.1) is 0 Å². The number of likely N-dealkylation sites (N-methyl/N-ethyl adjacent to an activating group) is 1. The van der Waals surface area contributed by atoms with Gasteiger partial charge in [-0.3, -0.25) is 15.0 Å². The minimum absolute atomic E-state index is 0.0471. The summed E-state index contributed by atoms with van der Waals surface area (Å²) in [6.45, 7) is 3.41. The second-order valence-electron chi connectivity index (χ2n) is 11.2. The van der Waals surface area contributed by atoms with Gasteiger partial charge in [-0.1, -0.05) is 97.1 Å². The van der Waals surface area contributed by atoms with E-state index in [0.717, 1.165) is 59.9 Å². The molecule has 8 heteroatoms. The van der Waals surface area contributed by atoms with Crippen molar-refractivity contribution in [2.24, 2.45) is 0 Å². The van der Waals surface area contributed by atoms with E-state index in [0.29, 0.717) is 5.75 Å². The summed E-state index contributed by atoms with van der Waals surface area (Å²) >= 11 is 0. The highest BCUT2D eigenvalue weighted by molar-refractivity contribution is 5.99. The molecule has 0 aliphatic carbocycles. The Bertz CT molecular complexity index is 1610. The van der Waals surface area contributed by atoms with Crippen molar-refractivity contribution in [1.29, 1.82) is 0 Å². The van der Waals surface area contributed by atoms with Gasteiger partial charge in [0.2, 0.25) is 5.91 Å². The number of hydrogen-bond acceptors (Lipinski definition) is 6. The van der Waals surface area contributed by atoms with Gasteiger partial charge in [0.1, 0.15) is 30.5 Å². The number of anilines is 1. The van der Waals surface area contributed by atoms with E-state index in [1.165, 1.54) is 0 Å². The van der Waals surface area contributed by atoms with Crippen LogP contribution in [0.1, 0.15) is 28.1 Å². The lowest BCUT2D eigenvalue weighted by atomic mass is 9.76. The second-order valence-corrected chi connectivity index (χ2v) is 11.2. The normalized spacial score (nSPS) is 17.1. The van der Waals surface area contributed by atoms with E-state index in [9.17, 15) is 4.79 Å². The van der Waals surface area contributed by atoms with E-state index in [1.807, 2.05) is 72.4 Å². The van der Waals surface area contributed by atoms with Crippen LogP contribution in [0.5, 0.6) is 5.75 Å². The fourth-order valence-corrected chi connectivity index (χ4v) is 6.33. The number of benzene rings is 4. The molecule has 1 N–H and O–H groups in total. The average molecular weight is 571 g/mol. The van der Waals surface area contributed by atoms with Gasteiger partial charge in [-0.2, -0.15) is 5.10 Å². The number of ether oxygens (including phenoxy) is 1. The van der Waals surface area contributed by atoms with Crippen molar-refractivity contribution in [1.82, 2.24) is 25.0 Å². The number of rotatable bonds is 7. The lowest BCUT2D eigenvalue weighted by molar-refractivity contribution is -0.121. The monoisotopic (exact) mass is 570 g/mol. The summed E-state index contributed by atoms with van der Waals surface area (Å²) < 4.78 is 8.34. The molecule has 0 bridgehead atoms. The van der Waals surface area contributed by atoms with Crippen LogP contribution in [0.25, 0.3) is 0 Å². The topological polar surface area (TPSA) is 75.5 Å². The Morgan fingerprint density at radius 2 is 1.49 bits per heavy atom. The lowest BCUT2D eigenvalue weighted by Gasteiger charge is -2.39. The molecule has 0 spiro atoms. The van der Waals surface area contributed by atoms with Crippen molar-refractivity contribution < 1.29 is 9.53 Å². The van der Waals surface area contributed by atoms with Crippen LogP contribution in [0.4, 0.5) is 5.69 Å². The first-order valence-electron chi connectivity index (χ1n) is 14.7. The maximum Gasteiger partial charge on any atom is 0.247 e. The van der Waals surface area contributed by atoms with Crippen molar-refractivity contribution in [3.63, 3.8) is 0 Å². The van der Waals surface area contributed by atoms with E-state index in [-0.39, 0.29) is 12.5 Å². The van der Waals surface area contributed by atoms with Gasteiger partial charge in [0.25, 0.3) is 0 Å². The minimum atomic E-state index is -0.787. The van der Waals surface area contributed by atoms with Gasteiger partial charge < -0.3 is 9.64 Å². The standard InChI is InChI=1S/C35H34N6O2/c1-39-31-21-26(22-40-19-20-41-33(23-40)36-25-37-41)17-18-32(31)43-24-30(34(39)42)38-35(27-11-5-2-6-12-27,28-13-7-3-8-14-28)29-15-9-4-10-16-29/h2-18,21,25,30,38H,19-20,22-24H2,1H3/t30-/m0/s1. The molecule has 2 aliphatic rings. The van der Waals surface area contributed by atoms with Gasteiger partial charge >= 0.3 is 0 Å². The molecule has 3 heterocycles. The van der Waals surface area contributed by atoms with E-state index in [4.69, 9.17) is 4.74 Å². The molecule has 8 nitrogen and oxygen atoms in total. The highest BCUT2D eigenvalue weighted by Crippen LogP contribution is 2.39. The molecule has 2 aliphatic heterocycles. The molecule has 7 rings (SSSR count). The number of nitrogens with zero attached hydrogens (tertiary/aromatic N) is 5. The fourth-order valence-electron chi connectivity index (χ4n) is 6.33. The van der Waals surface area contributed by atoms with Crippen molar-refractivity contribution in [2.75, 3.05) is 25.1 Å². The van der Waals surface area contributed by atoms with Crippen LogP contribution in [-0.4, -0.2) is 51.8 Å². The molecule has 43 heavy (non-hydrogen) atoms. The van der Waals surface area contributed by atoms with Crippen LogP contribution >= 0.6 is 0 Å². The van der Waals surface area contributed by atoms with E-state index < -0.39 is 11.6 Å². The predicted molar refractivity (Wildman–Crippen MR) is 166 cm³/mol. The van der Waals surface area contributed by atoms with Gasteiger partial charge in [0.05, 0.1) is 24.3 Å². The third-order valence-corrected chi connectivity index (χ3v) is 8.52. The first-order chi connectivity index (χ1) is 21.1. The third-order valence-electron chi connectivity index (χ3n) is 8.52. The van der Waals surface area contributed by atoms with Gasteiger partial charge in [-0.05, 0) is 34.4 Å². The highest BCUT2D eigenvalue weighted by Gasteiger charge is 2.42. The Hall–Kier alpha value is -4.79. The van der Waals surface area contributed by atoms with Gasteiger partial charge in [0.15, 0.2) is 0 Å². The first kappa shape index (κ1) is 27.1. The quantitative estimate of drug-likeness (QED) is 0.289. The van der Waals surface area contributed by atoms with Gasteiger partial charge in [-0.15, -0.1) is 0 Å². The van der Waals surface area contributed by atoms with E-state index in [2.05, 4.69) is 68.8 Å². The summed E-state index contributed by atoms with van der Waals surface area (Å²) in [5.74, 6) is 1.63. The average Bonchev–Trinajstić information content (AvgIpc) is 3.50. The predicted octanol–water partition coefficient (Wildman–Crippen LogP) is 4.60. The minimum Gasteiger partial charge on any atom is -0.489 e. The van der Waals surface area contributed by atoms with Crippen LogP contribution in [0.15, 0.2) is 116 Å². The lowest BCUT2D eigenvalue weighted by Crippen LogP contribution is -2.56. The maximum atomic E-state index is 14.2. The number of carbonyl (C=O) groups excluding carboxylic acids is 1. The summed E-state index contributed by atoms with van der Waals surface area (Å²) in [6.07, 6.45) is 1.62. The van der Waals surface area contributed by atoms with Gasteiger partial charge in [0, 0.05) is 20.1 Å². The molecule has 5 aromatic rings. The Morgan fingerprint density at radius 1 is 0.860 bits per heavy atom. The van der Waals surface area contributed by atoms with Crippen molar-refractivity contribution >= 4 is 11.6 Å². The zero-order valence-electron chi connectivity index (χ0n) is 24.1. The zero-order valence-corrected chi connectivity index (χ0v) is 24.1. The number of fused-ring (bicyclic) bond motifs is 2. The molecule has 216 valence electrons. The van der Waals surface area contributed by atoms with E-state index >= 15 is 0 Å². The molecular weight excluding hydrogens is 536 g/mol. The molecule has 1 aromatic heterocycles. The Morgan fingerprint density at radius 3 is 2.12 bits per heavy atom. The Labute approximate surface area is 251 Å². The molecular formula is C35H34N6O2. The zero-order chi connectivity index (χ0) is 29.2. The second kappa shape index (κ2) is 11.5. The summed E-state index contributed by atoms with van der Waals surface area (Å²) in [4.78, 5) is 22.7. The highest BCUT2D eigenvalue weighted by atomic mass is 16.5. The Kier molecular flexibility index (Phi) is 7.22. The first-order valence-corrected chi connectivity index (χ1v) is 14.7. The largest absolute Gasteiger partial charge is 0.489 e. The summed E-state index contributed by atoms with van der Waals surface area (Å²) in [5, 5.41) is 8.11. The third kappa shape index (κ3) is 5.09. The number of hydrogen-bond donors (Lipinski definition) is 1. The van der Waals surface area contributed by atoms with Crippen LogP contribution in [0.2, 0.25) is 0 Å². The SMILES string of the molecule is CN1C(=O)[C@@H](NC(c2ccccc2)(c2ccccc2)c2ccccc2)COc2ccc(CN3CCn4ncnc4C3)cc21. The molecule has 0 unspecified atom stereocenters. The number of aromatic nitrogens is 3. The van der Waals surface area contributed by atoms with Crippen LogP contribution < -0.4 is 15.0 Å². The summed E-state index contributed by atoms with van der Waals surface area (Å²) in [5.41, 5.74) is 4.24.